The lowest BCUT2D eigenvalue weighted by Gasteiger charge is -2.37. The molecule has 3 aromatic rings. The van der Waals surface area contributed by atoms with E-state index >= 15 is 0 Å². The second-order valence-electron chi connectivity index (χ2n) is 6.83. The number of aromatic nitrogens is 4. The van der Waals surface area contributed by atoms with Crippen LogP contribution >= 0.6 is 0 Å². The molecule has 1 aromatic carbocycles. The number of nitriles is 1. The lowest BCUT2D eigenvalue weighted by atomic mass is 9.91. The Labute approximate surface area is 145 Å². The molecule has 25 heavy (non-hydrogen) atoms. The van der Waals surface area contributed by atoms with Crippen molar-refractivity contribution < 1.29 is 0 Å². The summed E-state index contributed by atoms with van der Waals surface area (Å²) in [6.45, 7) is 3.84. The number of nitrogens with two attached hydrogens (primary N) is 1. The van der Waals surface area contributed by atoms with Crippen molar-refractivity contribution in [1.29, 1.82) is 5.26 Å². The Kier molecular flexibility index (Phi) is 3.62. The Morgan fingerprint density at radius 2 is 1.96 bits per heavy atom. The summed E-state index contributed by atoms with van der Waals surface area (Å²) in [7, 11) is 0. The van der Waals surface area contributed by atoms with Gasteiger partial charge in [0.2, 0.25) is 5.65 Å². The van der Waals surface area contributed by atoms with Gasteiger partial charge < -0.3 is 10.6 Å². The minimum atomic E-state index is -0.0941. The summed E-state index contributed by atoms with van der Waals surface area (Å²) in [4.78, 5) is 11.4. The lowest BCUT2D eigenvalue weighted by Crippen LogP contribution is -2.48. The lowest BCUT2D eigenvalue weighted by molar-refractivity contribution is 0.363. The molecule has 0 aliphatic carbocycles. The summed E-state index contributed by atoms with van der Waals surface area (Å²) in [5, 5.41) is 16.2. The highest BCUT2D eigenvalue weighted by Gasteiger charge is 2.27. The molecule has 2 aromatic heterocycles. The molecule has 0 saturated carbocycles. The van der Waals surface area contributed by atoms with Gasteiger partial charge in [0.25, 0.3) is 0 Å². The highest BCUT2D eigenvalue weighted by atomic mass is 15.2. The quantitative estimate of drug-likeness (QED) is 0.744. The molecular weight excluding hydrogens is 314 g/mol. The standard InChI is InChI=1S/C18H19N7/c1-18(20)6-8-25(9-7-18)14-11-21-16-15(23-24-17(16)22-14)13-4-2-12(10-19)3-5-13/h2-5,11H,6-9,20H2,1H3,(H,22,23,24). The van der Waals surface area contributed by atoms with Crippen LogP contribution in [0.15, 0.2) is 30.5 Å². The topological polar surface area (TPSA) is 108 Å². The Hall–Kier alpha value is -2.98. The molecule has 0 unspecified atom stereocenters. The van der Waals surface area contributed by atoms with Gasteiger partial charge in [-0.05, 0) is 31.9 Å². The third-order valence-electron chi connectivity index (χ3n) is 4.78. The monoisotopic (exact) mass is 333 g/mol. The average Bonchev–Trinajstić information content (AvgIpc) is 3.05. The zero-order valence-electron chi connectivity index (χ0n) is 14.0. The number of piperidine rings is 1. The van der Waals surface area contributed by atoms with Gasteiger partial charge in [-0.3, -0.25) is 5.10 Å². The molecule has 1 saturated heterocycles. The van der Waals surface area contributed by atoms with Crippen molar-refractivity contribution in [3.8, 4) is 17.3 Å². The first-order chi connectivity index (χ1) is 12.1. The maximum Gasteiger partial charge on any atom is 0.202 e. The van der Waals surface area contributed by atoms with Crippen LogP contribution in [0.5, 0.6) is 0 Å². The van der Waals surface area contributed by atoms with E-state index in [1.165, 1.54) is 0 Å². The first-order valence-electron chi connectivity index (χ1n) is 8.31. The van der Waals surface area contributed by atoms with E-state index in [9.17, 15) is 0 Å². The van der Waals surface area contributed by atoms with E-state index in [0.717, 1.165) is 48.5 Å². The number of hydrogen-bond donors (Lipinski definition) is 2. The zero-order chi connectivity index (χ0) is 17.4. The molecule has 1 fully saturated rings. The van der Waals surface area contributed by atoms with E-state index in [-0.39, 0.29) is 5.54 Å². The van der Waals surface area contributed by atoms with Gasteiger partial charge in [-0.15, -0.1) is 0 Å². The minimum Gasteiger partial charge on any atom is -0.355 e. The number of H-pyrrole nitrogens is 1. The highest BCUT2D eigenvalue weighted by molar-refractivity contribution is 5.87. The number of hydrogen-bond acceptors (Lipinski definition) is 6. The number of fused-ring (bicyclic) bond motifs is 1. The maximum atomic E-state index is 8.91. The van der Waals surface area contributed by atoms with E-state index in [1.807, 2.05) is 12.1 Å². The van der Waals surface area contributed by atoms with Crippen molar-refractivity contribution in [2.24, 2.45) is 5.73 Å². The van der Waals surface area contributed by atoms with Crippen LogP contribution in [0.4, 0.5) is 5.82 Å². The number of anilines is 1. The van der Waals surface area contributed by atoms with Crippen LogP contribution in [0.3, 0.4) is 0 Å². The van der Waals surface area contributed by atoms with Crippen LogP contribution in [0, 0.1) is 11.3 Å². The van der Waals surface area contributed by atoms with Gasteiger partial charge in [0.15, 0.2) is 0 Å². The Morgan fingerprint density at radius 3 is 2.64 bits per heavy atom. The van der Waals surface area contributed by atoms with E-state index in [2.05, 4.69) is 38.1 Å². The van der Waals surface area contributed by atoms with Crippen LogP contribution in [-0.4, -0.2) is 38.8 Å². The van der Waals surface area contributed by atoms with Gasteiger partial charge in [0.05, 0.1) is 23.5 Å². The largest absolute Gasteiger partial charge is 0.355 e. The van der Waals surface area contributed by atoms with Crippen LogP contribution in [-0.2, 0) is 0 Å². The van der Waals surface area contributed by atoms with Gasteiger partial charge in [-0.1, -0.05) is 12.1 Å². The van der Waals surface area contributed by atoms with Crippen molar-refractivity contribution in [3.05, 3.63) is 36.0 Å². The second kappa shape index (κ2) is 5.83. The number of benzene rings is 1. The van der Waals surface area contributed by atoms with Crippen LogP contribution < -0.4 is 10.6 Å². The molecule has 0 radical (unpaired) electrons. The average molecular weight is 333 g/mol. The first kappa shape index (κ1) is 15.5. The summed E-state index contributed by atoms with van der Waals surface area (Å²) in [6, 6.07) is 9.44. The Morgan fingerprint density at radius 1 is 1.24 bits per heavy atom. The van der Waals surface area contributed by atoms with E-state index < -0.39 is 0 Å². The maximum absolute atomic E-state index is 8.91. The molecule has 0 spiro atoms. The van der Waals surface area contributed by atoms with Crippen LogP contribution in [0.2, 0.25) is 0 Å². The van der Waals surface area contributed by atoms with Gasteiger partial charge >= 0.3 is 0 Å². The van der Waals surface area contributed by atoms with Crippen LogP contribution in [0.1, 0.15) is 25.3 Å². The fourth-order valence-electron chi connectivity index (χ4n) is 3.10. The Balaban J connectivity index is 1.64. The molecule has 0 atom stereocenters. The van der Waals surface area contributed by atoms with Crippen molar-refractivity contribution in [2.75, 3.05) is 18.0 Å². The predicted molar refractivity (Wildman–Crippen MR) is 95.9 cm³/mol. The van der Waals surface area contributed by atoms with Crippen molar-refractivity contribution >= 4 is 17.0 Å². The van der Waals surface area contributed by atoms with Crippen LogP contribution in [0.25, 0.3) is 22.4 Å². The minimum absolute atomic E-state index is 0.0941. The molecule has 7 heteroatoms. The van der Waals surface area contributed by atoms with Gasteiger partial charge in [0.1, 0.15) is 11.3 Å². The summed E-state index contributed by atoms with van der Waals surface area (Å²) in [5.41, 5.74) is 9.79. The molecule has 1 aliphatic rings. The number of rotatable bonds is 2. The summed E-state index contributed by atoms with van der Waals surface area (Å²) < 4.78 is 0. The Bertz CT molecular complexity index is 940. The molecule has 0 bridgehead atoms. The molecule has 3 heterocycles. The molecule has 0 amide bonds. The number of nitrogens with one attached hydrogen (secondary N) is 1. The highest BCUT2D eigenvalue weighted by Crippen LogP contribution is 2.27. The molecule has 126 valence electrons. The second-order valence-corrected chi connectivity index (χ2v) is 6.83. The summed E-state index contributed by atoms with van der Waals surface area (Å²) in [6.07, 6.45) is 3.66. The molecule has 3 N–H and O–H groups in total. The normalized spacial score (nSPS) is 16.8. The first-order valence-corrected chi connectivity index (χ1v) is 8.31. The third-order valence-corrected chi connectivity index (χ3v) is 4.78. The zero-order valence-corrected chi connectivity index (χ0v) is 14.0. The number of nitrogens with zero attached hydrogens (tertiary/aromatic N) is 5. The van der Waals surface area contributed by atoms with Crippen molar-refractivity contribution in [2.45, 2.75) is 25.3 Å². The van der Waals surface area contributed by atoms with Crippen molar-refractivity contribution in [3.63, 3.8) is 0 Å². The van der Waals surface area contributed by atoms with E-state index in [1.54, 1.807) is 18.3 Å². The SMILES string of the molecule is CC1(N)CCN(c2cnc3c(-c4ccc(C#N)cc4)[nH]nc3n2)CC1. The molecule has 7 nitrogen and oxygen atoms in total. The molecule has 1 aliphatic heterocycles. The van der Waals surface area contributed by atoms with Gasteiger partial charge in [-0.2, -0.15) is 10.4 Å². The number of aromatic amines is 1. The van der Waals surface area contributed by atoms with E-state index in [0.29, 0.717) is 11.2 Å². The van der Waals surface area contributed by atoms with E-state index in [4.69, 9.17) is 11.0 Å². The van der Waals surface area contributed by atoms with Gasteiger partial charge in [0, 0.05) is 24.2 Å². The molecular formula is C18H19N7. The van der Waals surface area contributed by atoms with Gasteiger partial charge in [-0.25, -0.2) is 9.97 Å². The predicted octanol–water partition coefficient (Wildman–Crippen LogP) is 2.21. The fraction of sp³-hybridized carbons (Fsp3) is 0.333. The smallest absolute Gasteiger partial charge is 0.202 e. The summed E-state index contributed by atoms with van der Waals surface area (Å²) >= 11 is 0. The molecule has 4 rings (SSSR count). The third kappa shape index (κ3) is 2.92. The fourth-order valence-corrected chi connectivity index (χ4v) is 3.10. The summed E-state index contributed by atoms with van der Waals surface area (Å²) in [5.74, 6) is 0.834. The van der Waals surface area contributed by atoms with Crippen molar-refractivity contribution in [1.82, 2.24) is 20.2 Å².